The summed E-state index contributed by atoms with van der Waals surface area (Å²) in [5.74, 6) is -0.336. The zero-order valence-corrected chi connectivity index (χ0v) is 10.0. The van der Waals surface area contributed by atoms with Crippen LogP contribution in [0.4, 0.5) is 0 Å². The lowest BCUT2D eigenvalue weighted by atomic mass is 9.94. The van der Waals surface area contributed by atoms with Crippen molar-refractivity contribution in [2.45, 2.75) is 57.0 Å². The van der Waals surface area contributed by atoms with Gasteiger partial charge >= 0.3 is 0 Å². The highest BCUT2D eigenvalue weighted by atomic mass is 16.7. The summed E-state index contributed by atoms with van der Waals surface area (Å²) in [7, 11) is 0. The highest BCUT2D eigenvalue weighted by molar-refractivity contribution is 4.91. The third kappa shape index (κ3) is 2.31. The number of ether oxygens (including phenoxy) is 2. The van der Waals surface area contributed by atoms with E-state index in [4.69, 9.17) is 9.47 Å². The van der Waals surface area contributed by atoms with Crippen LogP contribution in [0, 0.1) is 5.92 Å². The lowest BCUT2D eigenvalue weighted by Crippen LogP contribution is -2.37. The topological polar surface area (TPSA) is 38.7 Å². The van der Waals surface area contributed by atoms with Gasteiger partial charge in [0.25, 0.3) is 0 Å². The fraction of sp³-hybridized carbons (Fsp3) is 0.846. The normalized spacial score (nSPS) is 32.5. The van der Waals surface area contributed by atoms with Crippen LogP contribution in [0.25, 0.3) is 0 Å². The van der Waals surface area contributed by atoms with Gasteiger partial charge in [0.1, 0.15) is 6.10 Å². The smallest absolute Gasteiger partial charge is 0.169 e. The molecule has 0 radical (unpaired) electrons. The third-order valence-electron chi connectivity index (χ3n) is 3.78. The number of aliphatic hydroxyl groups excluding tert-OH is 1. The van der Waals surface area contributed by atoms with E-state index in [-0.39, 0.29) is 17.8 Å². The maximum Gasteiger partial charge on any atom is 0.169 e. The Labute approximate surface area is 97.4 Å². The second kappa shape index (κ2) is 4.86. The Morgan fingerprint density at radius 3 is 2.69 bits per heavy atom. The average Bonchev–Trinajstić information content (AvgIpc) is 2.72. The van der Waals surface area contributed by atoms with Crippen molar-refractivity contribution in [3.63, 3.8) is 0 Å². The molecule has 0 aromatic heterocycles. The molecule has 2 rings (SSSR count). The lowest BCUT2D eigenvalue weighted by molar-refractivity contribution is -0.197. The molecule has 92 valence electrons. The van der Waals surface area contributed by atoms with Crippen LogP contribution in [-0.4, -0.2) is 29.7 Å². The van der Waals surface area contributed by atoms with E-state index in [9.17, 15) is 5.11 Å². The van der Waals surface area contributed by atoms with Crippen molar-refractivity contribution in [3.05, 3.63) is 12.7 Å². The minimum atomic E-state index is -0.501. The van der Waals surface area contributed by atoms with Crippen molar-refractivity contribution in [3.8, 4) is 0 Å². The van der Waals surface area contributed by atoms with E-state index in [2.05, 4.69) is 6.58 Å². The van der Waals surface area contributed by atoms with Gasteiger partial charge in [-0.15, -0.1) is 6.58 Å². The van der Waals surface area contributed by atoms with Gasteiger partial charge in [0, 0.05) is 18.8 Å². The summed E-state index contributed by atoms with van der Waals surface area (Å²) in [6.07, 6.45) is 6.62. The summed E-state index contributed by atoms with van der Waals surface area (Å²) in [6, 6.07) is 0. The summed E-state index contributed by atoms with van der Waals surface area (Å²) in [5, 5.41) is 10.1. The van der Waals surface area contributed by atoms with Gasteiger partial charge in [0.05, 0.1) is 12.7 Å². The van der Waals surface area contributed by atoms with Gasteiger partial charge in [-0.2, -0.15) is 0 Å². The van der Waals surface area contributed by atoms with Crippen molar-refractivity contribution < 1.29 is 14.6 Å². The van der Waals surface area contributed by atoms with Crippen LogP contribution < -0.4 is 0 Å². The predicted octanol–water partition coefficient (Wildman–Crippen LogP) is 2.25. The molecule has 0 aromatic rings. The van der Waals surface area contributed by atoms with Crippen LogP contribution in [0.15, 0.2) is 12.7 Å². The summed E-state index contributed by atoms with van der Waals surface area (Å²) in [5.41, 5.74) is 0. The van der Waals surface area contributed by atoms with E-state index in [1.807, 2.05) is 6.92 Å². The Bertz CT molecular complexity index is 246. The van der Waals surface area contributed by atoms with E-state index >= 15 is 0 Å². The SMILES string of the molecule is C=C[C@@H](C)[C@H](O)[C@H]1COC2(CCCCC2)O1. The first-order valence-corrected chi connectivity index (χ1v) is 6.29. The molecule has 1 saturated carbocycles. The summed E-state index contributed by atoms with van der Waals surface area (Å²) < 4.78 is 11.7. The molecule has 0 aromatic carbocycles. The van der Waals surface area contributed by atoms with E-state index in [1.54, 1.807) is 6.08 Å². The Morgan fingerprint density at radius 1 is 1.38 bits per heavy atom. The van der Waals surface area contributed by atoms with Crippen LogP contribution in [0.2, 0.25) is 0 Å². The Hall–Kier alpha value is -0.380. The Kier molecular flexibility index (Phi) is 3.67. The lowest BCUT2D eigenvalue weighted by Gasteiger charge is -2.32. The zero-order chi connectivity index (χ0) is 11.6. The van der Waals surface area contributed by atoms with Crippen molar-refractivity contribution in [2.24, 2.45) is 5.92 Å². The second-order valence-corrected chi connectivity index (χ2v) is 5.02. The quantitative estimate of drug-likeness (QED) is 0.750. The van der Waals surface area contributed by atoms with Crippen LogP contribution >= 0.6 is 0 Å². The zero-order valence-electron chi connectivity index (χ0n) is 10.0. The first-order chi connectivity index (χ1) is 7.67. The molecule has 0 amide bonds. The van der Waals surface area contributed by atoms with Crippen LogP contribution in [0.3, 0.4) is 0 Å². The molecule has 3 nitrogen and oxygen atoms in total. The minimum absolute atomic E-state index is 0.0485. The summed E-state index contributed by atoms with van der Waals surface area (Å²) in [4.78, 5) is 0. The molecule has 1 aliphatic carbocycles. The molecule has 1 spiro atoms. The molecule has 2 fully saturated rings. The van der Waals surface area contributed by atoms with Gasteiger partial charge in [0.2, 0.25) is 0 Å². The second-order valence-electron chi connectivity index (χ2n) is 5.02. The van der Waals surface area contributed by atoms with Crippen molar-refractivity contribution in [1.29, 1.82) is 0 Å². The highest BCUT2D eigenvalue weighted by Gasteiger charge is 2.44. The predicted molar refractivity (Wildman–Crippen MR) is 62.0 cm³/mol. The number of hydrogen-bond donors (Lipinski definition) is 1. The van der Waals surface area contributed by atoms with Crippen LogP contribution in [0.1, 0.15) is 39.0 Å². The maximum absolute atomic E-state index is 10.1. The number of hydrogen-bond acceptors (Lipinski definition) is 3. The molecule has 3 heteroatoms. The Balaban J connectivity index is 1.93. The van der Waals surface area contributed by atoms with E-state index < -0.39 is 6.10 Å². The number of aliphatic hydroxyl groups is 1. The first-order valence-electron chi connectivity index (χ1n) is 6.29. The third-order valence-corrected chi connectivity index (χ3v) is 3.78. The molecule has 16 heavy (non-hydrogen) atoms. The van der Waals surface area contributed by atoms with Gasteiger partial charge in [-0.1, -0.05) is 19.4 Å². The van der Waals surface area contributed by atoms with E-state index in [0.29, 0.717) is 6.61 Å². The van der Waals surface area contributed by atoms with Gasteiger partial charge < -0.3 is 14.6 Å². The van der Waals surface area contributed by atoms with Gasteiger partial charge in [0.15, 0.2) is 5.79 Å². The van der Waals surface area contributed by atoms with Gasteiger partial charge in [-0.05, 0) is 12.8 Å². The fourth-order valence-electron chi connectivity index (χ4n) is 2.58. The average molecular weight is 226 g/mol. The molecule has 1 saturated heterocycles. The van der Waals surface area contributed by atoms with Crippen molar-refractivity contribution in [2.75, 3.05) is 6.61 Å². The van der Waals surface area contributed by atoms with E-state index in [0.717, 1.165) is 12.8 Å². The van der Waals surface area contributed by atoms with Gasteiger partial charge in [-0.25, -0.2) is 0 Å². The van der Waals surface area contributed by atoms with E-state index in [1.165, 1.54) is 19.3 Å². The van der Waals surface area contributed by atoms with Crippen molar-refractivity contribution in [1.82, 2.24) is 0 Å². The molecule has 1 heterocycles. The standard InChI is InChI=1S/C13H22O3/c1-3-10(2)12(14)11-9-15-13(16-11)7-5-4-6-8-13/h3,10-12,14H,1,4-9H2,2H3/t10-,11-,12+/m1/s1. The largest absolute Gasteiger partial charge is 0.390 e. The molecule has 2 aliphatic rings. The molecular formula is C13H22O3. The van der Waals surface area contributed by atoms with Crippen LogP contribution in [0.5, 0.6) is 0 Å². The molecule has 1 aliphatic heterocycles. The highest BCUT2D eigenvalue weighted by Crippen LogP contribution is 2.39. The molecule has 0 unspecified atom stereocenters. The molecular weight excluding hydrogens is 204 g/mol. The molecule has 1 N–H and O–H groups in total. The fourth-order valence-corrected chi connectivity index (χ4v) is 2.58. The monoisotopic (exact) mass is 226 g/mol. The Morgan fingerprint density at radius 2 is 2.06 bits per heavy atom. The maximum atomic E-state index is 10.1. The van der Waals surface area contributed by atoms with Gasteiger partial charge in [-0.3, -0.25) is 0 Å². The van der Waals surface area contributed by atoms with Crippen molar-refractivity contribution >= 4 is 0 Å². The van der Waals surface area contributed by atoms with Crippen LogP contribution in [-0.2, 0) is 9.47 Å². The summed E-state index contributed by atoms with van der Waals surface area (Å²) >= 11 is 0. The summed E-state index contributed by atoms with van der Waals surface area (Å²) in [6.45, 7) is 6.17. The number of rotatable bonds is 3. The molecule has 3 atom stereocenters. The minimum Gasteiger partial charge on any atom is -0.390 e. The molecule has 0 bridgehead atoms. The first kappa shape index (κ1) is 12.1.